The van der Waals surface area contributed by atoms with E-state index in [2.05, 4.69) is 42.8 Å². The van der Waals surface area contributed by atoms with Crippen LogP contribution in [0, 0.1) is 20.8 Å². The van der Waals surface area contributed by atoms with E-state index in [1.165, 1.54) is 11.1 Å². The molecule has 0 aliphatic heterocycles. The zero-order chi connectivity index (χ0) is 22.5. The quantitative estimate of drug-likeness (QED) is 0.441. The molecule has 2 aromatic carbocycles. The fourth-order valence-electron chi connectivity index (χ4n) is 1.64. The molecule has 2 rings (SSSR count). The number of carbonyl (C=O) groups is 4. The number of carboxylic acid groups (broad SMARTS) is 2. The van der Waals surface area contributed by atoms with E-state index < -0.39 is 5.97 Å². The van der Waals surface area contributed by atoms with Crippen LogP contribution in [0.25, 0.3) is 0 Å². The first-order valence-corrected chi connectivity index (χ1v) is 8.34. The minimum absolute atomic E-state index is 0.0749. The van der Waals surface area contributed by atoms with Gasteiger partial charge in [-0.1, -0.05) is 53.1 Å². The first-order chi connectivity index (χ1) is 13.9. The summed E-state index contributed by atoms with van der Waals surface area (Å²) in [6.07, 6.45) is 0. The second-order valence-electron chi connectivity index (χ2n) is 5.33. The van der Waals surface area contributed by atoms with Crippen LogP contribution in [0.5, 0.6) is 0 Å². The van der Waals surface area contributed by atoms with Gasteiger partial charge in [0, 0.05) is 0 Å². The molecule has 0 aliphatic carbocycles. The normalized spacial score (nSPS) is 8.24. The summed E-state index contributed by atoms with van der Waals surface area (Å²) in [6, 6.07) is 15.5. The molecular weight excluding hydrogens is 380 g/mol. The van der Waals surface area contributed by atoms with Crippen molar-refractivity contribution >= 4 is 25.4 Å². The largest absolute Gasteiger partial charge is 0.483 e. The molecule has 8 heteroatoms. The number of benzene rings is 2. The number of rotatable bonds is 5. The van der Waals surface area contributed by atoms with Crippen molar-refractivity contribution in [3.63, 3.8) is 0 Å². The molecule has 158 valence electrons. The molecule has 0 bridgehead atoms. The summed E-state index contributed by atoms with van der Waals surface area (Å²) in [4.78, 5) is 37.9. The SMILES string of the molecule is Cc1ccc(C(=O)OCCOC=O)cc1.Cc1ccc(C)cc1.O=CO.O=CO. The van der Waals surface area contributed by atoms with E-state index in [0.717, 1.165) is 5.56 Å². The molecule has 0 atom stereocenters. The molecule has 0 aromatic heterocycles. The Labute approximate surface area is 169 Å². The maximum absolute atomic E-state index is 11.4. The molecule has 0 amide bonds. The van der Waals surface area contributed by atoms with Gasteiger partial charge in [0.1, 0.15) is 13.2 Å². The minimum atomic E-state index is -0.413. The van der Waals surface area contributed by atoms with E-state index in [9.17, 15) is 9.59 Å². The summed E-state index contributed by atoms with van der Waals surface area (Å²) in [5.74, 6) is -0.413. The van der Waals surface area contributed by atoms with Crippen LogP contribution in [0.1, 0.15) is 27.0 Å². The first kappa shape index (κ1) is 27.5. The molecule has 2 N–H and O–H groups in total. The lowest BCUT2D eigenvalue weighted by molar-refractivity contribution is -0.129. The van der Waals surface area contributed by atoms with E-state index in [-0.39, 0.29) is 26.2 Å². The third-order valence-electron chi connectivity index (χ3n) is 3.01. The molecule has 0 heterocycles. The number of ether oxygens (including phenoxy) is 2. The number of hydrogen-bond donors (Lipinski definition) is 2. The highest BCUT2D eigenvalue weighted by molar-refractivity contribution is 5.89. The van der Waals surface area contributed by atoms with E-state index in [1.807, 2.05) is 19.1 Å². The van der Waals surface area contributed by atoms with Crippen LogP contribution in [0.3, 0.4) is 0 Å². The zero-order valence-electron chi connectivity index (χ0n) is 16.6. The highest BCUT2D eigenvalue weighted by Gasteiger charge is 2.05. The van der Waals surface area contributed by atoms with Gasteiger partial charge in [-0.15, -0.1) is 0 Å². The molecule has 2 aromatic rings. The van der Waals surface area contributed by atoms with Crippen molar-refractivity contribution < 1.29 is 38.9 Å². The Kier molecular flexibility index (Phi) is 18.1. The van der Waals surface area contributed by atoms with Gasteiger partial charge in [0.25, 0.3) is 19.4 Å². The van der Waals surface area contributed by atoms with Gasteiger partial charge in [0.15, 0.2) is 0 Å². The van der Waals surface area contributed by atoms with Crippen LogP contribution < -0.4 is 0 Å². The number of hydrogen-bond acceptors (Lipinski definition) is 6. The monoisotopic (exact) mass is 406 g/mol. The standard InChI is InChI=1S/C11H12O4.C8H10.2CH2O2/c1-9-2-4-10(5-3-9)11(13)15-7-6-14-8-12;1-7-3-5-8(2)6-4-7;2*2-1-3/h2-5,8H,6-7H2,1H3;3-6H,1-2H3;2*1H,(H,2,3). The van der Waals surface area contributed by atoms with Crippen LogP contribution in [0.15, 0.2) is 48.5 Å². The second-order valence-corrected chi connectivity index (χ2v) is 5.33. The molecule has 0 saturated heterocycles. The zero-order valence-corrected chi connectivity index (χ0v) is 16.6. The molecule has 0 fully saturated rings. The fraction of sp³-hybridized carbons (Fsp3) is 0.238. The minimum Gasteiger partial charge on any atom is -0.483 e. The van der Waals surface area contributed by atoms with Crippen LogP contribution in [0.2, 0.25) is 0 Å². The van der Waals surface area contributed by atoms with Gasteiger partial charge in [-0.2, -0.15) is 0 Å². The molecule has 0 aliphatic rings. The van der Waals surface area contributed by atoms with Gasteiger partial charge in [0.05, 0.1) is 5.56 Å². The van der Waals surface area contributed by atoms with Crippen LogP contribution >= 0.6 is 0 Å². The lowest BCUT2D eigenvalue weighted by Gasteiger charge is -2.03. The van der Waals surface area contributed by atoms with E-state index in [4.69, 9.17) is 24.5 Å². The maximum atomic E-state index is 11.4. The predicted octanol–water partition coefficient (Wildman–Crippen LogP) is 3.03. The van der Waals surface area contributed by atoms with Gasteiger partial charge < -0.3 is 19.7 Å². The lowest BCUT2D eigenvalue weighted by Crippen LogP contribution is -2.10. The average molecular weight is 406 g/mol. The van der Waals surface area contributed by atoms with Crippen LogP contribution in [-0.4, -0.2) is 48.8 Å². The molecule has 29 heavy (non-hydrogen) atoms. The van der Waals surface area contributed by atoms with Gasteiger partial charge in [-0.05, 0) is 32.9 Å². The molecule has 0 saturated carbocycles. The summed E-state index contributed by atoms with van der Waals surface area (Å²) < 4.78 is 9.23. The molecule has 0 radical (unpaired) electrons. The predicted molar refractivity (Wildman–Crippen MR) is 107 cm³/mol. The van der Waals surface area contributed by atoms with Crippen molar-refractivity contribution in [2.75, 3.05) is 13.2 Å². The van der Waals surface area contributed by atoms with Crippen molar-refractivity contribution in [1.29, 1.82) is 0 Å². The summed E-state index contributed by atoms with van der Waals surface area (Å²) in [7, 11) is 0. The third-order valence-corrected chi connectivity index (χ3v) is 3.01. The van der Waals surface area contributed by atoms with Crippen molar-refractivity contribution in [3.05, 3.63) is 70.8 Å². The van der Waals surface area contributed by atoms with E-state index >= 15 is 0 Å². The summed E-state index contributed by atoms with van der Waals surface area (Å²) in [6.45, 7) is 6.11. The lowest BCUT2D eigenvalue weighted by atomic mass is 10.1. The summed E-state index contributed by atoms with van der Waals surface area (Å²) >= 11 is 0. The second kappa shape index (κ2) is 19.1. The van der Waals surface area contributed by atoms with E-state index in [0.29, 0.717) is 12.0 Å². The number of carbonyl (C=O) groups excluding carboxylic acids is 2. The Balaban J connectivity index is 0. The Hall–Kier alpha value is -3.68. The van der Waals surface area contributed by atoms with Crippen molar-refractivity contribution in [2.45, 2.75) is 20.8 Å². The van der Waals surface area contributed by atoms with Crippen molar-refractivity contribution in [3.8, 4) is 0 Å². The van der Waals surface area contributed by atoms with Gasteiger partial charge >= 0.3 is 5.97 Å². The van der Waals surface area contributed by atoms with Gasteiger partial charge in [-0.25, -0.2) is 4.79 Å². The van der Waals surface area contributed by atoms with Crippen molar-refractivity contribution in [1.82, 2.24) is 0 Å². The number of esters is 1. The third kappa shape index (κ3) is 17.5. The van der Waals surface area contributed by atoms with E-state index in [1.54, 1.807) is 12.1 Å². The number of aryl methyl sites for hydroxylation is 3. The highest BCUT2D eigenvalue weighted by Crippen LogP contribution is 2.04. The first-order valence-electron chi connectivity index (χ1n) is 8.34. The smallest absolute Gasteiger partial charge is 0.338 e. The Morgan fingerprint density at radius 1 is 0.759 bits per heavy atom. The van der Waals surface area contributed by atoms with Crippen LogP contribution in [-0.2, 0) is 23.9 Å². The fourth-order valence-corrected chi connectivity index (χ4v) is 1.64. The molecule has 8 nitrogen and oxygen atoms in total. The summed E-state index contributed by atoms with van der Waals surface area (Å²) in [5.41, 5.74) is 4.23. The average Bonchev–Trinajstić information content (AvgIpc) is 2.70. The van der Waals surface area contributed by atoms with Gasteiger partial charge in [-0.3, -0.25) is 14.4 Å². The molecule has 0 unspecified atom stereocenters. The topological polar surface area (TPSA) is 127 Å². The maximum Gasteiger partial charge on any atom is 0.338 e. The van der Waals surface area contributed by atoms with Gasteiger partial charge in [0.2, 0.25) is 0 Å². The highest BCUT2D eigenvalue weighted by atomic mass is 16.6. The molecule has 0 spiro atoms. The van der Waals surface area contributed by atoms with Crippen molar-refractivity contribution in [2.24, 2.45) is 0 Å². The Morgan fingerprint density at radius 2 is 1.10 bits per heavy atom. The Morgan fingerprint density at radius 3 is 1.45 bits per heavy atom. The molecular formula is C21H26O8. The Bertz CT molecular complexity index is 667. The summed E-state index contributed by atoms with van der Waals surface area (Å²) in [5, 5.41) is 13.8. The van der Waals surface area contributed by atoms with Crippen LogP contribution in [0.4, 0.5) is 0 Å².